The number of nitrogens with one attached hydrogen (secondary N) is 2. The number of nitrogens with zero attached hydrogens (tertiary/aromatic N) is 2. The lowest BCUT2D eigenvalue weighted by Crippen LogP contribution is -2.40. The Morgan fingerprint density at radius 2 is 2.05 bits per heavy atom. The molecule has 0 atom stereocenters. The molecule has 21 heavy (non-hydrogen) atoms. The first kappa shape index (κ1) is 17.1. The maximum atomic E-state index is 11.9. The average Bonchev–Trinajstić information content (AvgIpc) is 2.99. The Morgan fingerprint density at radius 3 is 2.62 bits per heavy atom. The van der Waals surface area contributed by atoms with Gasteiger partial charge in [-0.05, 0) is 32.9 Å². The van der Waals surface area contributed by atoms with E-state index >= 15 is 0 Å². The molecule has 0 saturated heterocycles. The number of furan rings is 1. The average molecular weight is 294 g/mol. The summed E-state index contributed by atoms with van der Waals surface area (Å²) in [6.07, 6.45) is 2.10. The summed E-state index contributed by atoms with van der Waals surface area (Å²) in [6, 6.07) is 3.73. The molecule has 0 bridgehead atoms. The Hall–Kier alpha value is -1.98. The van der Waals surface area contributed by atoms with E-state index in [-0.39, 0.29) is 5.91 Å². The van der Waals surface area contributed by atoms with E-state index in [0.717, 1.165) is 25.4 Å². The van der Waals surface area contributed by atoms with Gasteiger partial charge in [0.15, 0.2) is 5.96 Å². The van der Waals surface area contributed by atoms with Crippen LogP contribution in [0.4, 0.5) is 0 Å². The molecule has 0 aliphatic carbocycles. The van der Waals surface area contributed by atoms with Gasteiger partial charge in [0.25, 0.3) is 0 Å². The highest BCUT2D eigenvalue weighted by Crippen LogP contribution is 2.01. The van der Waals surface area contributed by atoms with Gasteiger partial charge in [-0.15, -0.1) is 0 Å². The van der Waals surface area contributed by atoms with Crippen LogP contribution in [0.2, 0.25) is 0 Å². The largest absolute Gasteiger partial charge is 0.467 e. The van der Waals surface area contributed by atoms with Gasteiger partial charge in [-0.3, -0.25) is 4.79 Å². The van der Waals surface area contributed by atoms with E-state index in [0.29, 0.717) is 25.5 Å². The van der Waals surface area contributed by atoms with Crippen molar-refractivity contribution in [2.75, 3.05) is 26.2 Å². The quantitative estimate of drug-likeness (QED) is 0.564. The van der Waals surface area contributed by atoms with Crippen LogP contribution in [0.15, 0.2) is 27.8 Å². The first-order chi connectivity index (χ1) is 10.2. The van der Waals surface area contributed by atoms with Crippen LogP contribution in [0.5, 0.6) is 0 Å². The maximum Gasteiger partial charge on any atom is 0.224 e. The summed E-state index contributed by atoms with van der Waals surface area (Å²) >= 11 is 0. The third-order valence-electron chi connectivity index (χ3n) is 3.06. The van der Waals surface area contributed by atoms with Crippen LogP contribution >= 0.6 is 0 Å². The molecule has 0 spiro atoms. The lowest BCUT2D eigenvalue weighted by Gasteiger charge is -2.19. The fourth-order valence-electron chi connectivity index (χ4n) is 1.92. The fourth-order valence-corrected chi connectivity index (χ4v) is 1.92. The number of aliphatic imine (C=N–C) groups is 1. The first-order valence-corrected chi connectivity index (χ1v) is 7.53. The Bertz CT molecular complexity index is 425. The summed E-state index contributed by atoms with van der Waals surface area (Å²) in [7, 11) is 0. The lowest BCUT2D eigenvalue weighted by atomic mass is 10.3. The summed E-state index contributed by atoms with van der Waals surface area (Å²) in [5.74, 6) is 1.67. The van der Waals surface area contributed by atoms with Crippen LogP contribution in [-0.4, -0.2) is 42.9 Å². The highest BCUT2D eigenvalue weighted by atomic mass is 16.3. The van der Waals surface area contributed by atoms with E-state index in [1.54, 1.807) is 6.26 Å². The molecule has 0 aromatic carbocycles. The van der Waals surface area contributed by atoms with Crippen molar-refractivity contribution in [3.05, 3.63) is 24.2 Å². The Labute approximate surface area is 126 Å². The number of hydrogen-bond donors (Lipinski definition) is 2. The summed E-state index contributed by atoms with van der Waals surface area (Å²) in [5, 5.41) is 6.32. The standard InChI is InChI=1S/C15H26N4O2/c1-4-16-15(18-12-13-8-7-11-21-13)17-10-9-14(20)19(5-2)6-3/h7-8,11H,4-6,9-10,12H2,1-3H3,(H2,16,17,18). The highest BCUT2D eigenvalue weighted by molar-refractivity contribution is 5.81. The second-order valence-electron chi connectivity index (χ2n) is 4.52. The molecular weight excluding hydrogens is 268 g/mol. The summed E-state index contributed by atoms with van der Waals surface area (Å²) < 4.78 is 5.24. The molecule has 6 nitrogen and oxygen atoms in total. The minimum absolute atomic E-state index is 0.161. The van der Waals surface area contributed by atoms with Gasteiger partial charge in [0, 0.05) is 32.6 Å². The van der Waals surface area contributed by atoms with Gasteiger partial charge >= 0.3 is 0 Å². The van der Waals surface area contributed by atoms with E-state index in [9.17, 15) is 4.79 Å². The molecule has 1 heterocycles. The molecule has 0 fully saturated rings. The van der Waals surface area contributed by atoms with Gasteiger partial charge in [-0.2, -0.15) is 0 Å². The third-order valence-corrected chi connectivity index (χ3v) is 3.06. The summed E-state index contributed by atoms with van der Waals surface area (Å²) in [4.78, 5) is 18.1. The Balaban J connectivity index is 2.40. The van der Waals surface area contributed by atoms with Crippen LogP contribution in [0.1, 0.15) is 33.0 Å². The van der Waals surface area contributed by atoms with E-state index < -0.39 is 0 Å². The van der Waals surface area contributed by atoms with Crippen LogP contribution in [-0.2, 0) is 11.3 Å². The predicted octanol–water partition coefficient (Wildman–Crippen LogP) is 1.59. The monoisotopic (exact) mass is 294 g/mol. The zero-order valence-corrected chi connectivity index (χ0v) is 13.2. The van der Waals surface area contributed by atoms with Crippen LogP contribution in [0.3, 0.4) is 0 Å². The Morgan fingerprint density at radius 1 is 1.29 bits per heavy atom. The number of rotatable bonds is 8. The van der Waals surface area contributed by atoms with Crippen LogP contribution < -0.4 is 10.6 Å². The van der Waals surface area contributed by atoms with Gasteiger partial charge in [0.05, 0.1) is 6.26 Å². The van der Waals surface area contributed by atoms with E-state index in [4.69, 9.17) is 4.42 Å². The van der Waals surface area contributed by atoms with Crippen molar-refractivity contribution >= 4 is 11.9 Å². The van der Waals surface area contributed by atoms with Crippen molar-refractivity contribution in [3.8, 4) is 0 Å². The second-order valence-corrected chi connectivity index (χ2v) is 4.52. The molecule has 1 amide bonds. The van der Waals surface area contributed by atoms with Gasteiger partial charge in [0.2, 0.25) is 5.91 Å². The Kier molecular flexibility index (Phi) is 8.01. The maximum absolute atomic E-state index is 11.9. The molecule has 0 unspecified atom stereocenters. The topological polar surface area (TPSA) is 69.9 Å². The molecular formula is C15H26N4O2. The van der Waals surface area contributed by atoms with Gasteiger partial charge in [-0.25, -0.2) is 4.99 Å². The van der Waals surface area contributed by atoms with Gasteiger partial charge in [0.1, 0.15) is 12.3 Å². The van der Waals surface area contributed by atoms with Crippen molar-refractivity contribution in [1.29, 1.82) is 0 Å². The van der Waals surface area contributed by atoms with E-state index in [1.165, 1.54) is 0 Å². The zero-order chi connectivity index (χ0) is 15.5. The number of hydrogen-bond acceptors (Lipinski definition) is 3. The molecule has 1 rings (SSSR count). The normalized spacial score (nSPS) is 11.3. The summed E-state index contributed by atoms with van der Waals surface area (Å²) in [6.45, 7) is 9.31. The third kappa shape index (κ3) is 6.33. The first-order valence-electron chi connectivity index (χ1n) is 7.53. The van der Waals surface area contributed by atoms with E-state index in [1.807, 2.05) is 37.8 Å². The van der Waals surface area contributed by atoms with Gasteiger partial charge < -0.3 is 20.0 Å². The van der Waals surface area contributed by atoms with Gasteiger partial charge in [-0.1, -0.05) is 0 Å². The number of carbonyl (C=O) groups is 1. The molecule has 2 N–H and O–H groups in total. The van der Waals surface area contributed by atoms with Crippen molar-refractivity contribution in [2.45, 2.75) is 33.7 Å². The molecule has 0 radical (unpaired) electrons. The molecule has 1 aromatic rings. The lowest BCUT2D eigenvalue weighted by molar-refractivity contribution is -0.130. The van der Waals surface area contributed by atoms with Crippen LogP contribution in [0, 0.1) is 0 Å². The smallest absolute Gasteiger partial charge is 0.224 e. The number of amides is 1. The van der Waals surface area contributed by atoms with Crippen LogP contribution in [0.25, 0.3) is 0 Å². The molecule has 1 aromatic heterocycles. The summed E-state index contributed by atoms with van der Waals surface area (Å²) in [5.41, 5.74) is 0. The minimum atomic E-state index is 0.161. The molecule has 0 saturated carbocycles. The van der Waals surface area contributed by atoms with Crippen molar-refractivity contribution in [2.24, 2.45) is 4.99 Å². The molecule has 6 heteroatoms. The molecule has 118 valence electrons. The fraction of sp³-hybridized carbons (Fsp3) is 0.600. The minimum Gasteiger partial charge on any atom is -0.467 e. The predicted molar refractivity (Wildman–Crippen MR) is 84.1 cm³/mol. The van der Waals surface area contributed by atoms with Crippen molar-refractivity contribution in [3.63, 3.8) is 0 Å². The molecule has 0 aliphatic heterocycles. The second kappa shape index (κ2) is 9.85. The molecule has 0 aliphatic rings. The highest BCUT2D eigenvalue weighted by Gasteiger charge is 2.09. The number of carbonyl (C=O) groups excluding carboxylic acids is 1. The van der Waals surface area contributed by atoms with Crippen molar-refractivity contribution in [1.82, 2.24) is 15.5 Å². The number of guanidine groups is 1. The zero-order valence-electron chi connectivity index (χ0n) is 13.2. The van der Waals surface area contributed by atoms with E-state index in [2.05, 4.69) is 15.6 Å². The SMILES string of the molecule is CCNC(=NCc1ccco1)NCCC(=O)N(CC)CC. The van der Waals surface area contributed by atoms with Crippen molar-refractivity contribution < 1.29 is 9.21 Å².